The molecule has 1 radical (unpaired) electrons. The quantitative estimate of drug-likeness (QED) is 0.360. The first-order valence-corrected chi connectivity index (χ1v) is 2.30. The van der Waals surface area contributed by atoms with E-state index in [-0.39, 0.29) is 19.8 Å². The van der Waals surface area contributed by atoms with Gasteiger partial charge in [0.05, 0.1) is 13.2 Å². The van der Waals surface area contributed by atoms with E-state index in [0.29, 0.717) is 0 Å². The van der Waals surface area contributed by atoms with Gasteiger partial charge in [-0.05, 0) is 0 Å². The van der Waals surface area contributed by atoms with Crippen LogP contribution in [0.2, 0.25) is 0 Å². The van der Waals surface area contributed by atoms with Gasteiger partial charge < -0.3 is 14.9 Å². The van der Waals surface area contributed by atoms with Crippen molar-refractivity contribution in [3.8, 4) is 0 Å². The zero-order chi connectivity index (χ0) is 6.41. The highest BCUT2D eigenvalue weighted by atomic mass is 16.5. The van der Waals surface area contributed by atoms with Crippen LogP contribution in [-0.2, 0) is 9.84 Å². The largest absolute Gasteiger partial charge is 0.394 e. The highest BCUT2D eigenvalue weighted by molar-refractivity contribution is 4.30. The zero-order valence-corrected chi connectivity index (χ0v) is 4.41. The first kappa shape index (κ1) is 7.84. The topological polar surface area (TPSA) is 69.6 Å². The van der Waals surface area contributed by atoms with E-state index in [9.17, 15) is 5.11 Å². The summed E-state index contributed by atoms with van der Waals surface area (Å²) in [6.07, 6.45) is -1.68. The third kappa shape index (κ3) is 5.84. The summed E-state index contributed by atoms with van der Waals surface area (Å²) >= 11 is 0. The summed E-state index contributed by atoms with van der Waals surface area (Å²) in [7, 11) is 0. The van der Waals surface area contributed by atoms with Crippen LogP contribution >= 0.6 is 0 Å². The number of hydrogen-bond donors (Lipinski definition) is 2. The lowest BCUT2D eigenvalue weighted by molar-refractivity contribution is -0.136. The van der Waals surface area contributed by atoms with Gasteiger partial charge in [0, 0.05) is 0 Å². The van der Waals surface area contributed by atoms with Crippen molar-refractivity contribution in [1.29, 1.82) is 0 Å². The van der Waals surface area contributed by atoms with Crippen LogP contribution in [0.25, 0.3) is 0 Å². The molecule has 0 aromatic heterocycles. The molecule has 4 heteroatoms. The molecule has 0 aliphatic heterocycles. The fourth-order valence-corrected chi connectivity index (χ4v) is 0.249. The van der Waals surface area contributed by atoms with Gasteiger partial charge in [-0.2, -0.15) is 5.11 Å². The summed E-state index contributed by atoms with van der Waals surface area (Å²) in [5.41, 5.74) is 0. The Kier molecular flexibility index (Phi) is 4.89. The van der Waals surface area contributed by atoms with Crippen molar-refractivity contribution in [2.45, 2.75) is 6.29 Å². The fraction of sp³-hybridized carbons (Fsp3) is 1.00. The van der Waals surface area contributed by atoms with Gasteiger partial charge in [-0.25, -0.2) is 0 Å². The molecule has 4 nitrogen and oxygen atoms in total. The molecule has 0 aliphatic carbocycles. The Hall–Kier alpha value is -0.160. The van der Waals surface area contributed by atoms with Gasteiger partial charge in [0.15, 0.2) is 0 Å². The number of rotatable bonds is 4. The highest BCUT2D eigenvalue weighted by Crippen LogP contribution is 1.77. The van der Waals surface area contributed by atoms with E-state index >= 15 is 0 Å². The van der Waals surface area contributed by atoms with E-state index in [0.717, 1.165) is 0 Å². The lowest BCUT2D eigenvalue weighted by Crippen LogP contribution is -2.13. The molecule has 0 bridgehead atoms. The zero-order valence-electron chi connectivity index (χ0n) is 4.41. The Labute approximate surface area is 47.3 Å². The Morgan fingerprint density at radius 1 is 1.62 bits per heavy atom. The number of ether oxygens (including phenoxy) is 1. The van der Waals surface area contributed by atoms with Crippen molar-refractivity contribution in [3.05, 3.63) is 0 Å². The van der Waals surface area contributed by atoms with Gasteiger partial charge >= 0.3 is 0 Å². The maximum Gasteiger partial charge on any atom is 0.212 e. The Morgan fingerprint density at radius 3 is 2.62 bits per heavy atom. The van der Waals surface area contributed by atoms with E-state index < -0.39 is 6.29 Å². The van der Waals surface area contributed by atoms with E-state index in [4.69, 9.17) is 10.2 Å². The summed E-state index contributed by atoms with van der Waals surface area (Å²) in [4.78, 5) is 0. The number of aliphatic hydroxyl groups excluding tert-OH is 2. The van der Waals surface area contributed by atoms with Crippen molar-refractivity contribution in [1.82, 2.24) is 0 Å². The molecule has 2 N–H and O–H groups in total. The highest BCUT2D eigenvalue weighted by Gasteiger charge is 1.96. The smallest absolute Gasteiger partial charge is 0.212 e. The molecule has 0 heterocycles. The molecule has 0 fully saturated rings. The monoisotopic (exact) mass is 121 g/mol. The fourth-order valence-electron chi connectivity index (χ4n) is 0.249. The van der Waals surface area contributed by atoms with Crippen molar-refractivity contribution in [2.24, 2.45) is 0 Å². The Morgan fingerprint density at radius 2 is 2.25 bits per heavy atom. The van der Waals surface area contributed by atoms with Gasteiger partial charge in [-0.15, -0.1) is 0 Å². The van der Waals surface area contributed by atoms with Crippen LogP contribution < -0.4 is 0 Å². The molecule has 0 amide bonds. The lowest BCUT2D eigenvalue weighted by Gasteiger charge is -1.99. The van der Waals surface area contributed by atoms with Crippen LogP contribution in [0.1, 0.15) is 0 Å². The molecule has 0 saturated carbocycles. The maximum atomic E-state index is 9.75. The summed E-state index contributed by atoms with van der Waals surface area (Å²) in [5.74, 6) is 0. The number of hydrogen-bond acceptors (Lipinski definition) is 3. The normalized spacial score (nSPS) is 10.5. The van der Waals surface area contributed by atoms with E-state index in [1.54, 1.807) is 0 Å². The average Bonchev–Trinajstić information content (AvgIpc) is 1.66. The molecule has 0 aromatic carbocycles. The third-order valence-corrected chi connectivity index (χ3v) is 0.496. The van der Waals surface area contributed by atoms with Crippen molar-refractivity contribution < 1.29 is 20.1 Å². The molecule has 8 heavy (non-hydrogen) atoms. The van der Waals surface area contributed by atoms with Crippen LogP contribution in [0.3, 0.4) is 0 Å². The Bertz CT molecular complexity index is 45.3. The van der Waals surface area contributed by atoms with Crippen molar-refractivity contribution in [2.75, 3.05) is 19.8 Å². The predicted octanol–water partition coefficient (Wildman–Crippen LogP) is -1.26. The average molecular weight is 121 g/mol. The maximum absolute atomic E-state index is 9.75. The van der Waals surface area contributed by atoms with Crippen LogP contribution in [-0.4, -0.2) is 36.3 Å². The molecule has 1 unspecified atom stereocenters. The van der Waals surface area contributed by atoms with Crippen LogP contribution in [0.5, 0.6) is 0 Å². The molecule has 1 atom stereocenters. The van der Waals surface area contributed by atoms with E-state index in [1.807, 2.05) is 0 Å². The van der Waals surface area contributed by atoms with Gasteiger partial charge in [-0.3, -0.25) is 0 Å². The lowest BCUT2D eigenvalue weighted by atomic mass is 10.7. The first-order chi connectivity index (χ1) is 3.77. The molecular weight excluding hydrogens is 112 g/mol. The van der Waals surface area contributed by atoms with Crippen LogP contribution in [0, 0.1) is 0 Å². The summed E-state index contributed by atoms with van der Waals surface area (Å²) in [6, 6.07) is 0. The number of aliphatic hydroxyl groups is 2. The standard InChI is InChI=1S/C4H9O4/c5-1-2-8-3-4(6)7/h4-6H,1-3H2. The summed E-state index contributed by atoms with van der Waals surface area (Å²) in [6.45, 7) is -0.257. The SMILES string of the molecule is [O]C(O)COCCO. The van der Waals surface area contributed by atoms with Crippen molar-refractivity contribution in [3.63, 3.8) is 0 Å². The molecule has 0 aromatic rings. The molecule has 0 aliphatic rings. The molecular formula is C4H9O4. The van der Waals surface area contributed by atoms with Crippen LogP contribution in [0.4, 0.5) is 0 Å². The van der Waals surface area contributed by atoms with Crippen LogP contribution in [0.15, 0.2) is 0 Å². The summed E-state index contributed by atoms with van der Waals surface area (Å²) < 4.78 is 4.43. The predicted molar refractivity (Wildman–Crippen MR) is 24.6 cm³/mol. The van der Waals surface area contributed by atoms with Crippen molar-refractivity contribution >= 4 is 0 Å². The second-order valence-electron chi connectivity index (χ2n) is 1.25. The minimum atomic E-state index is -1.68. The molecule has 0 saturated heterocycles. The van der Waals surface area contributed by atoms with E-state index in [1.165, 1.54) is 0 Å². The minimum Gasteiger partial charge on any atom is -0.394 e. The third-order valence-electron chi connectivity index (χ3n) is 0.496. The summed E-state index contributed by atoms with van der Waals surface area (Å²) in [5, 5.41) is 25.8. The molecule has 0 spiro atoms. The molecule has 0 rings (SSSR count). The second-order valence-corrected chi connectivity index (χ2v) is 1.25. The van der Waals surface area contributed by atoms with Gasteiger partial charge in [-0.1, -0.05) is 0 Å². The van der Waals surface area contributed by atoms with Gasteiger partial charge in [0.2, 0.25) is 6.29 Å². The Balaban J connectivity index is 2.72. The minimum absolute atomic E-state index is 0.110. The van der Waals surface area contributed by atoms with Gasteiger partial charge in [0.25, 0.3) is 0 Å². The first-order valence-electron chi connectivity index (χ1n) is 2.30. The second kappa shape index (κ2) is 4.99. The molecule has 49 valence electrons. The van der Waals surface area contributed by atoms with E-state index in [2.05, 4.69) is 4.74 Å². The van der Waals surface area contributed by atoms with Gasteiger partial charge in [0.1, 0.15) is 6.61 Å².